The molecular formula is C49H88N6O10. The molecule has 8 atom stereocenters. The number of alkyl carbamates (subject to hydrolysis) is 1. The van der Waals surface area contributed by atoms with Gasteiger partial charge in [-0.1, -0.05) is 98.6 Å². The lowest BCUT2D eigenvalue weighted by Crippen LogP contribution is -2.54. The summed E-state index contributed by atoms with van der Waals surface area (Å²) in [6.45, 7) is 23.4. The zero-order valence-corrected chi connectivity index (χ0v) is 42.9. The average molecular weight is 921 g/mol. The summed E-state index contributed by atoms with van der Waals surface area (Å²) < 4.78 is 21.3. The Bertz CT molecular complexity index is 1520. The lowest BCUT2D eigenvalue weighted by atomic mass is 9.91. The van der Waals surface area contributed by atoms with Crippen molar-refractivity contribution in [1.82, 2.24) is 30.7 Å². The number of carbonyl (C=O) groups is 6. The normalized spacial score (nSPS) is 16.8. The van der Waals surface area contributed by atoms with E-state index in [1.807, 2.05) is 76.9 Å². The van der Waals surface area contributed by atoms with Crippen molar-refractivity contribution in [2.75, 3.05) is 61.6 Å². The molecule has 0 aliphatic carbocycles. The first-order valence-corrected chi connectivity index (χ1v) is 23.5. The molecule has 65 heavy (non-hydrogen) atoms. The SMILES string of the molecule is CCC.CCC(C)C(C(CC)OC)N(C)C(=O)CNC(=O)C(C(C)C)N(C)CCCNC(=O)OC(C)(C)C.COC(=O)C(Cc1ccccc1)NC(=O)C(C)C(OC)C1CCCN1C=O. The first kappa shape index (κ1) is 60.7. The van der Waals surface area contributed by atoms with Gasteiger partial charge in [0.15, 0.2) is 0 Å². The average Bonchev–Trinajstić information content (AvgIpc) is 3.74. The number of nitrogens with one attached hydrogen (secondary N) is 3. The van der Waals surface area contributed by atoms with Gasteiger partial charge in [0.1, 0.15) is 11.6 Å². The van der Waals surface area contributed by atoms with Crippen LogP contribution in [0.5, 0.6) is 0 Å². The predicted molar refractivity (Wildman–Crippen MR) is 256 cm³/mol. The van der Waals surface area contributed by atoms with E-state index in [9.17, 15) is 28.8 Å². The van der Waals surface area contributed by atoms with Crippen molar-refractivity contribution < 1.29 is 47.7 Å². The van der Waals surface area contributed by atoms with Crippen LogP contribution in [0.1, 0.15) is 120 Å². The topological polar surface area (TPSA) is 185 Å². The molecule has 1 aliphatic rings. The van der Waals surface area contributed by atoms with Crippen LogP contribution >= 0.6 is 0 Å². The lowest BCUT2D eigenvalue weighted by Gasteiger charge is -2.37. The number of ether oxygens (including phenoxy) is 4. The van der Waals surface area contributed by atoms with Gasteiger partial charge in [-0.2, -0.15) is 0 Å². The number of esters is 1. The van der Waals surface area contributed by atoms with Gasteiger partial charge < -0.3 is 44.7 Å². The number of likely N-dealkylation sites (tertiary alicyclic amines) is 1. The fourth-order valence-electron chi connectivity index (χ4n) is 7.96. The van der Waals surface area contributed by atoms with Crippen molar-refractivity contribution in [3.63, 3.8) is 0 Å². The summed E-state index contributed by atoms with van der Waals surface area (Å²) in [5.74, 6) is -1.31. The Labute approximate surface area is 391 Å². The first-order valence-electron chi connectivity index (χ1n) is 23.5. The van der Waals surface area contributed by atoms with Crippen LogP contribution in [0.3, 0.4) is 0 Å². The van der Waals surface area contributed by atoms with Crippen molar-refractivity contribution in [2.45, 2.75) is 163 Å². The molecule has 0 radical (unpaired) electrons. The minimum absolute atomic E-state index is 0.0532. The van der Waals surface area contributed by atoms with E-state index in [1.54, 1.807) is 30.9 Å². The third-order valence-electron chi connectivity index (χ3n) is 11.4. The molecule has 0 aromatic heterocycles. The molecule has 1 saturated heterocycles. The third-order valence-corrected chi connectivity index (χ3v) is 11.4. The Morgan fingerprint density at radius 1 is 0.892 bits per heavy atom. The van der Waals surface area contributed by atoms with Gasteiger partial charge in [-0.05, 0) is 70.9 Å². The zero-order chi connectivity index (χ0) is 49.9. The van der Waals surface area contributed by atoms with E-state index in [2.05, 4.69) is 50.6 Å². The monoisotopic (exact) mass is 921 g/mol. The van der Waals surface area contributed by atoms with Gasteiger partial charge in [-0.25, -0.2) is 9.59 Å². The summed E-state index contributed by atoms with van der Waals surface area (Å²) in [6.07, 6.45) is 5.53. The Morgan fingerprint density at radius 2 is 1.51 bits per heavy atom. The fraction of sp³-hybridized carbons (Fsp3) is 0.755. The van der Waals surface area contributed by atoms with Crippen LogP contribution in [-0.2, 0) is 49.3 Å². The van der Waals surface area contributed by atoms with Gasteiger partial charge in [0.25, 0.3) is 0 Å². The predicted octanol–water partition coefficient (Wildman–Crippen LogP) is 5.85. The Hall–Kier alpha value is -4.28. The number of hydrogen-bond acceptors (Lipinski definition) is 11. The number of likely N-dealkylation sites (N-methyl/N-ethyl adjacent to an activating group) is 2. The minimum atomic E-state index is -0.782. The molecule has 1 fully saturated rings. The van der Waals surface area contributed by atoms with E-state index >= 15 is 0 Å². The Kier molecular flexibility index (Phi) is 30.3. The second-order valence-corrected chi connectivity index (χ2v) is 18.3. The summed E-state index contributed by atoms with van der Waals surface area (Å²) in [5.41, 5.74) is 0.384. The molecule has 0 bridgehead atoms. The molecule has 3 N–H and O–H groups in total. The van der Waals surface area contributed by atoms with Gasteiger partial charge in [-0.3, -0.25) is 24.1 Å². The van der Waals surface area contributed by atoms with Gasteiger partial charge in [0.05, 0.1) is 49.9 Å². The zero-order valence-electron chi connectivity index (χ0n) is 42.9. The highest BCUT2D eigenvalue weighted by molar-refractivity contribution is 5.88. The summed E-state index contributed by atoms with van der Waals surface area (Å²) in [4.78, 5) is 79.4. The molecule has 16 heteroatoms. The van der Waals surface area contributed by atoms with Crippen LogP contribution < -0.4 is 16.0 Å². The van der Waals surface area contributed by atoms with Crippen molar-refractivity contribution in [2.24, 2.45) is 17.8 Å². The van der Waals surface area contributed by atoms with Gasteiger partial charge >= 0.3 is 12.1 Å². The van der Waals surface area contributed by atoms with Crippen molar-refractivity contribution >= 4 is 36.2 Å². The smallest absolute Gasteiger partial charge is 0.407 e. The quantitative estimate of drug-likeness (QED) is 0.0643. The van der Waals surface area contributed by atoms with E-state index in [1.165, 1.54) is 20.6 Å². The molecule has 1 aliphatic heterocycles. The maximum Gasteiger partial charge on any atom is 0.407 e. The van der Waals surface area contributed by atoms with Crippen molar-refractivity contribution in [3.05, 3.63) is 35.9 Å². The standard InChI is InChI=1S/C26H52N4O5.C20H28N2O5.C3H8/c1-12-19(5)23(20(13-2)34-11)30(10)21(31)17-28-24(32)22(18(3)4)29(9)16-14-15-27-25(33)35-26(6,7)8;1-14(18(26-2)17-10-7-11-22(17)13-23)19(24)21-16(20(25)27-3)12-15-8-5-4-6-9-15;1-3-2/h18-20,22-23H,12-17H2,1-11H3,(H,27,33)(H,28,32);4-6,8-9,13-14,16-18H,7,10-12H2,1-3H3,(H,21,24);3H2,1-2H3. The largest absolute Gasteiger partial charge is 0.467 e. The van der Waals surface area contributed by atoms with Crippen molar-refractivity contribution in [1.29, 1.82) is 0 Å². The maximum absolute atomic E-state index is 13.0. The molecule has 8 unspecified atom stereocenters. The second-order valence-electron chi connectivity index (χ2n) is 18.3. The number of rotatable bonds is 24. The molecule has 0 saturated carbocycles. The van der Waals surface area contributed by atoms with Gasteiger partial charge in [0.2, 0.25) is 24.1 Å². The molecule has 1 aromatic rings. The molecule has 5 amide bonds. The molecule has 2 rings (SSSR count). The van der Waals surface area contributed by atoms with E-state index in [-0.39, 0.29) is 60.3 Å². The number of nitrogens with zero attached hydrogens (tertiary/aromatic N) is 3. The molecule has 1 heterocycles. The van der Waals surface area contributed by atoms with Crippen LogP contribution in [0, 0.1) is 17.8 Å². The molecule has 16 nitrogen and oxygen atoms in total. The summed E-state index contributed by atoms with van der Waals surface area (Å²) in [6, 6.07) is 8.07. The number of benzene rings is 1. The molecule has 1 aromatic carbocycles. The highest BCUT2D eigenvalue weighted by Crippen LogP contribution is 2.25. The Balaban J connectivity index is 0.00000122. The van der Waals surface area contributed by atoms with E-state index in [0.717, 1.165) is 37.7 Å². The van der Waals surface area contributed by atoms with E-state index in [4.69, 9.17) is 18.9 Å². The van der Waals surface area contributed by atoms with Crippen LogP contribution in [0.15, 0.2) is 30.3 Å². The van der Waals surface area contributed by atoms with Gasteiger partial charge in [0, 0.05) is 47.3 Å². The fourth-order valence-corrected chi connectivity index (χ4v) is 7.96. The number of carbonyl (C=O) groups excluding carboxylic acids is 6. The molecule has 374 valence electrons. The van der Waals surface area contributed by atoms with Crippen LogP contribution in [0.25, 0.3) is 0 Å². The summed E-state index contributed by atoms with van der Waals surface area (Å²) in [5, 5.41) is 8.37. The Morgan fingerprint density at radius 3 is 2.00 bits per heavy atom. The highest BCUT2D eigenvalue weighted by atomic mass is 16.6. The summed E-state index contributed by atoms with van der Waals surface area (Å²) >= 11 is 0. The van der Waals surface area contributed by atoms with Crippen LogP contribution in [0.4, 0.5) is 4.79 Å². The van der Waals surface area contributed by atoms with Gasteiger partial charge in [-0.15, -0.1) is 0 Å². The van der Waals surface area contributed by atoms with Crippen LogP contribution in [0.2, 0.25) is 0 Å². The maximum atomic E-state index is 13.0. The van der Waals surface area contributed by atoms with Crippen LogP contribution in [-0.4, -0.2) is 154 Å². The second kappa shape index (κ2) is 32.4. The number of hydrogen-bond donors (Lipinski definition) is 3. The summed E-state index contributed by atoms with van der Waals surface area (Å²) in [7, 11) is 8.19. The van der Waals surface area contributed by atoms with Crippen molar-refractivity contribution in [3.8, 4) is 0 Å². The first-order chi connectivity index (χ1) is 30.6. The van der Waals surface area contributed by atoms with E-state index < -0.39 is 35.7 Å². The minimum Gasteiger partial charge on any atom is -0.467 e. The van der Waals surface area contributed by atoms with E-state index in [0.29, 0.717) is 32.5 Å². The number of methoxy groups -OCH3 is 3. The lowest BCUT2D eigenvalue weighted by molar-refractivity contribution is -0.146. The molecule has 0 spiro atoms. The molecular weight excluding hydrogens is 833 g/mol. The third kappa shape index (κ3) is 22.2. The number of amides is 5. The highest BCUT2D eigenvalue weighted by Gasteiger charge is 2.38.